The standard InChI is InChI=1S/C31H21NO2/c33-30-22-7-3-4-8-23(22)31(34)28-24(30)12-11-21-20-10-9-17-15-16-5-1-2-6-18(16)19-13-14-25(32-29(21)28)27(20)26(17)19/h1-14,16,18,21,29,32H,15H2. The maximum absolute atomic E-state index is 13.6. The lowest BCUT2D eigenvalue weighted by Gasteiger charge is -2.41. The molecule has 3 heteroatoms. The van der Waals surface area contributed by atoms with Crippen molar-refractivity contribution < 1.29 is 9.59 Å². The van der Waals surface area contributed by atoms with Crippen molar-refractivity contribution in [1.29, 1.82) is 0 Å². The Hall–Kier alpha value is -3.98. The Morgan fingerprint density at radius 1 is 0.735 bits per heavy atom. The van der Waals surface area contributed by atoms with Gasteiger partial charge < -0.3 is 5.32 Å². The highest BCUT2D eigenvalue weighted by molar-refractivity contribution is 6.29. The first kappa shape index (κ1) is 18.4. The number of anilines is 1. The summed E-state index contributed by atoms with van der Waals surface area (Å²) in [4.78, 5) is 26.9. The molecular formula is C31H21NO2. The number of carbonyl (C=O) groups is 2. The molecule has 0 saturated carbocycles. The molecule has 34 heavy (non-hydrogen) atoms. The number of nitrogens with one attached hydrogen (secondary N) is 1. The molecule has 0 bridgehead atoms. The fraction of sp³-hybridized carbons (Fsp3) is 0.161. The molecule has 8 rings (SSSR count). The average molecular weight is 440 g/mol. The Morgan fingerprint density at radius 3 is 2.38 bits per heavy atom. The highest BCUT2D eigenvalue weighted by Gasteiger charge is 2.43. The van der Waals surface area contributed by atoms with Crippen LogP contribution in [0.2, 0.25) is 0 Å². The molecule has 4 aliphatic carbocycles. The van der Waals surface area contributed by atoms with E-state index in [4.69, 9.17) is 0 Å². The van der Waals surface area contributed by atoms with Crippen LogP contribution in [0.25, 0.3) is 10.8 Å². The summed E-state index contributed by atoms with van der Waals surface area (Å²) < 4.78 is 0. The van der Waals surface area contributed by atoms with Gasteiger partial charge in [-0.15, -0.1) is 0 Å². The molecule has 162 valence electrons. The molecule has 5 aliphatic rings. The van der Waals surface area contributed by atoms with E-state index in [0.29, 0.717) is 34.1 Å². The summed E-state index contributed by atoms with van der Waals surface area (Å²) in [6.07, 6.45) is 14.1. The van der Waals surface area contributed by atoms with Gasteiger partial charge in [0, 0.05) is 45.2 Å². The Bertz CT molecular complexity index is 1620. The van der Waals surface area contributed by atoms with Crippen molar-refractivity contribution >= 4 is 28.0 Å². The maximum atomic E-state index is 13.6. The second-order valence-corrected chi connectivity index (χ2v) is 9.97. The molecule has 0 saturated heterocycles. The number of allylic oxidation sites excluding steroid dienone is 6. The highest BCUT2D eigenvalue weighted by atomic mass is 16.1. The molecule has 3 aromatic rings. The Morgan fingerprint density at radius 2 is 1.50 bits per heavy atom. The van der Waals surface area contributed by atoms with Gasteiger partial charge in [-0.05, 0) is 40.5 Å². The van der Waals surface area contributed by atoms with Crippen molar-refractivity contribution in [3.8, 4) is 0 Å². The third kappa shape index (κ3) is 2.17. The largest absolute Gasteiger partial charge is 0.377 e. The van der Waals surface area contributed by atoms with Gasteiger partial charge in [0.1, 0.15) is 0 Å². The topological polar surface area (TPSA) is 46.2 Å². The van der Waals surface area contributed by atoms with E-state index in [1.807, 2.05) is 18.2 Å². The summed E-state index contributed by atoms with van der Waals surface area (Å²) in [6, 6.07) is 15.9. The summed E-state index contributed by atoms with van der Waals surface area (Å²) in [7, 11) is 0. The number of hydrogen-bond donors (Lipinski definition) is 1. The maximum Gasteiger partial charge on any atom is 0.194 e. The van der Waals surface area contributed by atoms with Crippen LogP contribution < -0.4 is 5.32 Å². The minimum absolute atomic E-state index is 0.0112. The van der Waals surface area contributed by atoms with E-state index in [0.717, 1.165) is 12.1 Å². The van der Waals surface area contributed by atoms with Crippen LogP contribution in [0, 0.1) is 5.92 Å². The minimum Gasteiger partial charge on any atom is -0.377 e. The lowest BCUT2D eigenvalue weighted by molar-refractivity contribution is 0.0971. The zero-order valence-electron chi connectivity index (χ0n) is 18.4. The Balaban J connectivity index is 1.32. The highest BCUT2D eigenvalue weighted by Crippen LogP contribution is 2.51. The van der Waals surface area contributed by atoms with E-state index in [9.17, 15) is 9.59 Å². The third-order valence-electron chi connectivity index (χ3n) is 8.38. The lowest BCUT2D eigenvalue weighted by Crippen LogP contribution is -2.40. The molecule has 0 radical (unpaired) electrons. The molecule has 0 amide bonds. The van der Waals surface area contributed by atoms with Crippen molar-refractivity contribution in [3.63, 3.8) is 0 Å². The quantitative estimate of drug-likeness (QED) is 0.464. The monoisotopic (exact) mass is 439 g/mol. The van der Waals surface area contributed by atoms with Gasteiger partial charge in [0.15, 0.2) is 11.6 Å². The van der Waals surface area contributed by atoms with E-state index in [2.05, 4.69) is 60.0 Å². The molecule has 0 spiro atoms. The SMILES string of the molecule is O=C1C2=C(C(=O)c3ccccc31)C1Nc3ccc4c5c(ccc(c35)C1C=C2)CC1C=CC=CC41. The molecule has 1 heterocycles. The van der Waals surface area contributed by atoms with Crippen LogP contribution in [-0.4, -0.2) is 17.6 Å². The van der Waals surface area contributed by atoms with Crippen LogP contribution in [0.1, 0.15) is 49.2 Å². The van der Waals surface area contributed by atoms with Crippen LogP contribution in [0.5, 0.6) is 0 Å². The van der Waals surface area contributed by atoms with E-state index in [-0.39, 0.29) is 23.5 Å². The summed E-state index contributed by atoms with van der Waals surface area (Å²) in [5, 5.41) is 6.35. The van der Waals surface area contributed by atoms with Crippen LogP contribution in [0.4, 0.5) is 5.69 Å². The van der Waals surface area contributed by atoms with Gasteiger partial charge in [-0.2, -0.15) is 0 Å². The van der Waals surface area contributed by atoms with Crippen molar-refractivity contribution in [2.45, 2.75) is 24.3 Å². The van der Waals surface area contributed by atoms with E-state index in [1.54, 1.807) is 12.1 Å². The van der Waals surface area contributed by atoms with Gasteiger partial charge in [-0.1, -0.05) is 78.9 Å². The molecule has 0 aromatic heterocycles. The lowest BCUT2D eigenvalue weighted by atomic mass is 9.68. The van der Waals surface area contributed by atoms with Crippen LogP contribution >= 0.6 is 0 Å². The molecule has 4 atom stereocenters. The summed E-state index contributed by atoms with van der Waals surface area (Å²) >= 11 is 0. The Labute approximate surface area is 197 Å². The fourth-order valence-electron chi connectivity index (χ4n) is 6.90. The summed E-state index contributed by atoms with van der Waals surface area (Å²) in [5.74, 6) is 0.838. The van der Waals surface area contributed by atoms with Crippen molar-refractivity contribution in [3.05, 3.63) is 124 Å². The number of carbonyl (C=O) groups excluding carboxylic acids is 2. The number of benzene rings is 3. The van der Waals surface area contributed by atoms with Crippen molar-refractivity contribution in [2.75, 3.05) is 5.32 Å². The summed E-state index contributed by atoms with van der Waals surface area (Å²) in [6.45, 7) is 0. The van der Waals surface area contributed by atoms with Gasteiger partial charge in [0.05, 0.1) is 6.04 Å². The van der Waals surface area contributed by atoms with E-state index >= 15 is 0 Å². The predicted molar refractivity (Wildman–Crippen MR) is 134 cm³/mol. The van der Waals surface area contributed by atoms with E-state index < -0.39 is 0 Å². The first-order valence-corrected chi connectivity index (χ1v) is 12.0. The second kappa shape index (κ2) is 6.32. The average Bonchev–Trinajstić information content (AvgIpc) is 2.89. The van der Waals surface area contributed by atoms with Crippen LogP contribution in [0.15, 0.2) is 96.1 Å². The smallest absolute Gasteiger partial charge is 0.194 e. The number of Topliss-reactive ketones (excluding diaryl/α,β-unsaturated/α-hetero) is 2. The number of rotatable bonds is 0. The minimum atomic E-state index is -0.245. The molecule has 0 fully saturated rings. The number of fused-ring (bicyclic) bond motifs is 6. The molecule has 1 N–H and O–H groups in total. The molecular weight excluding hydrogens is 418 g/mol. The normalized spacial score (nSPS) is 27.2. The van der Waals surface area contributed by atoms with Gasteiger partial charge >= 0.3 is 0 Å². The third-order valence-corrected chi connectivity index (χ3v) is 8.38. The molecule has 1 aliphatic heterocycles. The first-order valence-electron chi connectivity index (χ1n) is 12.0. The van der Waals surface area contributed by atoms with Crippen LogP contribution in [0.3, 0.4) is 0 Å². The van der Waals surface area contributed by atoms with Gasteiger partial charge in [0.2, 0.25) is 0 Å². The van der Waals surface area contributed by atoms with Crippen LogP contribution in [-0.2, 0) is 6.42 Å². The molecule has 3 aromatic carbocycles. The second-order valence-electron chi connectivity index (χ2n) is 9.97. The molecule has 3 nitrogen and oxygen atoms in total. The Kier molecular flexibility index (Phi) is 3.43. The van der Waals surface area contributed by atoms with Gasteiger partial charge in [-0.3, -0.25) is 9.59 Å². The van der Waals surface area contributed by atoms with Gasteiger partial charge in [-0.25, -0.2) is 0 Å². The molecule has 4 unspecified atom stereocenters. The zero-order chi connectivity index (χ0) is 22.6. The zero-order valence-corrected chi connectivity index (χ0v) is 18.4. The first-order chi connectivity index (χ1) is 16.7. The van der Waals surface area contributed by atoms with Crippen molar-refractivity contribution in [2.24, 2.45) is 5.92 Å². The fourth-order valence-corrected chi connectivity index (χ4v) is 6.90. The predicted octanol–water partition coefficient (Wildman–Crippen LogP) is 6.05. The number of ketones is 2. The van der Waals surface area contributed by atoms with E-state index in [1.165, 1.54) is 27.5 Å². The number of hydrogen-bond acceptors (Lipinski definition) is 3. The van der Waals surface area contributed by atoms with Crippen molar-refractivity contribution in [1.82, 2.24) is 0 Å². The summed E-state index contributed by atoms with van der Waals surface area (Å²) in [5.41, 5.74) is 7.26. The van der Waals surface area contributed by atoms with Gasteiger partial charge in [0.25, 0.3) is 0 Å².